The molecule has 0 saturated carbocycles. The van der Waals surface area contributed by atoms with Crippen molar-refractivity contribution in [1.82, 2.24) is 0 Å². The molecule has 0 aliphatic heterocycles. The van der Waals surface area contributed by atoms with Crippen molar-refractivity contribution in [2.75, 3.05) is 11.5 Å². The third-order valence-corrected chi connectivity index (χ3v) is 2.99. The van der Waals surface area contributed by atoms with Crippen molar-refractivity contribution in [3.8, 4) is 0 Å². The minimum Gasteiger partial charge on any atom is -0.422 e. The minimum absolute atomic E-state index is 0. The van der Waals surface area contributed by atoms with Crippen molar-refractivity contribution >= 4 is 118 Å². The summed E-state index contributed by atoms with van der Waals surface area (Å²) in [5.41, 5.74) is 0. The molecule has 0 atom stereocenters. The van der Waals surface area contributed by atoms with Crippen LogP contribution in [0.4, 0.5) is 0 Å². The Bertz CT molecular complexity index is 121. The number of thiocarbonyl (C=S) groups is 2. The van der Waals surface area contributed by atoms with Crippen LogP contribution in [0.2, 0.25) is 0 Å². The average molecular weight is 315 g/mol. The first-order valence-electron chi connectivity index (χ1n) is 3.22. The van der Waals surface area contributed by atoms with Crippen molar-refractivity contribution < 1.29 is 0 Å². The molecule has 0 saturated heterocycles. The molecular formula is C6H10CaS6. The monoisotopic (exact) mass is 314 g/mol. The smallest absolute Gasteiger partial charge is 0.422 e. The molecule has 13 heavy (non-hydrogen) atoms. The van der Waals surface area contributed by atoms with Gasteiger partial charge in [-0.15, -0.1) is 23.5 Å². The topological polar surface area (TPSA) is 0 Å². The summed E-state index contributed by atoms with van der Waals surface area (Å²) < 4.78 is 1.25. The number of hydrogen-bond acceptors (Lipinski definition) is 6. The molecule has 72 valence electrons. The third-order valence-electron chi connectivity index (χ3n) is 0.524. The number of thioether (sulfide) groups is 2. The van der Waals surface area contributed by atoms with Gasteiger partial charge in [0.05, 0.1) is 0 Å². The van der Waals surface area contributed by atoms with Gasteiger partial charge in [-0.1, -0.05) is 20.9 Å². The summed E-state index contributed by atoms with van der Waals surface area (Å²) in [5.74, 6) is 2.00. The summed E-state index contributed by atoms with van der Waals surface area (Å²) in [4.78, 5) is 0. The van der Waals surface area contributed by atoms with Gasteiger partial charge >= 0.3 is 37.7 Å². The van der Waals surface area contributed by atoms with E-state index in [2.05, 4.69) is 49.7 Å². The standard InChI is InChI=1S/2C3H6S3.Ca/c2*1-2-6-3(4)5;/h2*2H2,1H3,(H,4,5);/q;;+2/p-2. The Morgan fingerprint density at radius 3 is 1.23 bits per heavy atom. The van der Waals surface area contributed by atoms with E-state index in [1.165, 1.54) is 23.5 Å². The average Bonchev–Trinajstić information content (AvgIpc) is 1.87. The maximum Gasteiger partial charge on any atom is 2.00 e. The van der Waals surface area contributed by atoms with Crippen LogP contribution in [0.25, 0.3) is 0 Å². The predicted molar refractivity (Wildman–Crippen MR) is 81.9 cm³/mol. The van der Waals surface area contributed by atoms with Gasteiger partial charge in [0, 0.05) is 0 Å². The van der Waals surface area contributed by atoms with E-state index < -0.39 is 0 Å². The zero-order valence-electron chi connectivity index (χ0n) is 7.57. The molecule has 0 unspecified atom stereocenters. The second-order valence-electron chi connectivity index (χ2n) is 1.37. The molecule has 0 radical (unpaired) electrons. The van der Waals surface area contributed by atoms with Crippen molar-refractivity contribution in [2.24, 2.45) is 0 Å². The Kier molecular flexibility index (Phi) is 27.4. The van der Waals surface area contributed by atoms with Crippen LogP contribution in [-0.2, 0) is 25.3 Å². The van der Waals surface area contributed by atoms with Crippen LogP contribution in [0.3, 0.4) is 0 Å². The van der Waals surface area contributed by atoms with Crippen molar-refractivity contribution in [2.45, 2.75) is 13.8 Å². The summed E-state index contributed by atoms with van der Waals surface area (Å²) in [6.07, 6.45) is 0. The molecule has 0 N–H and O–H groups in total. The second kappa shape index (κ2) is 17.0. The predicted octanol–water partition coefficient (Wildman–Crippen LogP) is 2.76. The van der Waals surface area contributed by atoms with Crippen LogP contribution in [0.15, 0.2) is 0 Å². The van der Waals surface area contributed by atoms with E-state index in [0.29, 0.717) is 7.06 Å². The van der Waals surface area contributed by atoms with E-state index in [9.17, 15) is 0 Å². The van der Waals surface area contributed by atoms with E-state index >= 15 is 0 Å². The van der Waals surface area contributed by atoms with Crippen LogP contribution in [0, 0.1) is 0 Å². The Labute approximate surface area is 141 Å². The largest absolute Gasteiger partial charge is 2.00 e. The van der Waals surface area contributed by atoms with Gasteiger partial charge < -0.3 is 49.7 Å². The SMILES string of the molecule is CCSC(=S)[S-].CCSC(=S)[S-].[Ca+2]. The fraction of sp³-hybridized carbons (Fsp3) is 0.667. The molecule has 0 heterocycles. The minimum atomic E-state index is 0. The fourth-order valence-corrected chi connectivity index (χ4v) is 2.12. The molecule has 7 heteroatoms. The van der Waals surface area contributed by atoms with E-state index in [-0.39, 0.29) is 37.7 Å². The zero-order valence-corrected chi connectivity index (χ0v) is 14.7. The first-order chi connectivity index (χ1) is 5.54. The van der Waals surface area contributed by atoms with E-state index in [0.717, 1.165) is 11.5 Å². The molecule has 0 nitrogen and oxygen atoms in total. The molecule has 0 amide bonds. The molecule has 0 aromatic heterocycles. The molecular weight excluding hydrogens is 305 g/mol. The normalized spacial score (nSPS) is 7.54. The van der Waals surface area contributed by atoms with Crippen LogP contribution >= 0.6 is 48.0 Å². The van der Waals surface area contributed by atoms with Gasteiger partial charge in [-0.3, -0.25) is 0 Å². The molecule has 0 spiro atoms. The van der Waals surface area contributed by atoms with E-state index in [1.807, 2.05) is 13.8 Å². The Balaban J connectivity index is -0.000000143. The van der Waals surface area contributed by atoms with Gasteiger partial charge in [-0.05, 0) is 11.5 Å². The summed E-state index contributed by atoms with van der Waals surface area (Å²) in [6.45, 7) is 4.06. The number of hydrogen-bond donors (Lipinski definition) is 0. The van der Waals surface area contributed by atoms with E-state index in [4.69, 9.17) is 0 Å². The van der Waals surface area contributed by atoms with Gasteiger partial charge in [0.1, 0.15) is 0 Å². The zero-order chi connectivity index (χ0) is 9.98. The van der Waals surface area contributed by atoms with Gasteiger partial charge in [-0.2, -0.15) is 0 Å². The van der Waals surface area contributed by atoms with Crippen LogP contribution in [0.1, 0.15) is 13.8 Å². The van der Waals surface area contributed by atoms with Gasteiger partial charge in [0.2, 0.25) is 0 Å². The number of rotatable bonds is 2. The molecule has 0 fully saturated rings. The van der Waals surface area contributed by atoms with Gasteiger partial charge in [0.25, 0.3) is 0 Å². The maximum absolute atomic E-state index is 4.57. The molecule has 0 rings (SSSR count). The fourth-order valence-electron chi connectivity index (χ4n) is 0.236. The van der Waals surface area contributed by atoms with Crippen molar-refractivity contribution in [3.63, 3.8) is 0 Å². The molecule has 0 aromatic carbocycles. The van der Waals surface area contributed by atoms with Crippen molar-refractivity contribution in [1.29, 1.82) is 0 Å². The molecule has 0 aliphatic carbocycles. The summed E-state index contributed by atoms with van der Waals surface area (Å²) in [6, 6.07) is 0. The van der Waals surface area contributed by atoms with Crippen LogP contribution < -0.4 is 0 Å². The second-order valence-corrected chi connectivity index (χ2v) is 7.10. The third kappa shape index (κ3) is 31.3. The molecule has 0 bridgehead atoms. The Morgan fingerprint density at radius 2 is 1.23 bits per heavy atom. The maximum atomic E-state index is 4.57. The van der Waals surface area contributed by atoms with Crippen LogP contribution in [0.5, 0.6) is 0 Å². The van der Waals surface area contributed by atoms with Gasteiger partial charge in [0.15, 0.2) is 0 Å². The Hall–Kier alpha value is 2.58. The van der Waals surface area contributed by atoms with E-state index in [1.54, 1.807) is 0 Å². The molecule has 0 aromatic rings. The summed E-state index contributed by atoms with van der Waals surface area (Å²) in [7, 11) is 0. The first-order valence-corrected chi connectivity index (χ1v) is 6.82. The Morgan fingerprint density at radius 1 is 1.00 bits per heavy atom. The van der Waals surface area contributed by atoms with Gasteiger partial charge in [-0.25, -0.2) is 0 Å². The van der Waals surface area contributed by atoms with Crippen LogP contribution in [-0.4, -0.2) is 56.3 Å². The quantitative estimate of drug-likeness (QED) is 0.433. The summed E-state index contributed by atoms with van der Waals surface area (Å²) >= 11 is 21.4. The summed E-state index contributed by atoms with van der Waals surface area (Å²) in [5, 5.41) is 0. The molecule has 0 aliphatic rings. The van der Waals surface area contributed by atoms with Crippen molar-refractivity contribution in [3.05, 3.63) is 0 Å². The first kappa shape index (κ1) is 20.9.